The maximum atomic E-state index is 13.7. The summed E-state index contributed by atoms with van der Waals surface area (Å²) in [5.41, 5.74) is 3.00. The Morgan fingerprint density at radius 3 is 2.25 bits per heavy atom. The van der Waals surface area contributed by atoms with E-state index < -0.39 is 6.04 Å². The molecule has 188 valence electrons. The number of nitrogens with one attached hydrogen (secondary N) is 1. The SMILES string of the molecule is CC[C@H](C)NC(=O)[C@@H](Cc1ccccc1)N(Cc1ccccc1)C(=O)CCc1ccc2c(c1)OCO2. The first kappa shape index (κ1) is 25.3. The van der Waals surface area contributed by atoms with Crippen LogP contribution in [0.1, 0.15) is 43.4 Å². The summed E-state index contributed by atoms with van der Waals surface area (Å²) < 4.78 is 10.9. The molecule has 1 N–H and O–H groups in total. The Morgan fingerprint density at radius 1 is 0.889 bits per heavy atom. The molecule has 0 aromatic heterocycles. The summed E-state index contributed by atoms with van der Waals surface area (Å²) >= 11 is 0. The van der Waals surface area contributed by atoms with Crippen LogP contribution in [0.3, 0.4) is 0 Å². The van der Waals surface area contributed by atoms with Crippen molar-refractivity contribution in [3.8, 4) is 11.5 Å². The highest BCUT2D eigenvalue weighted by Gasteiger charge is 2.30. The van der Waals surface area contributed by atoms with Crippen LogP contribution in [0.2, 0.25) is 0 Å². The Kier molecular flexibility index (Phi) is 8.61. The second kappa shape index (κ2) is 12.2. The molecular weight excluding hydrogens is 452 g/mol. The van der Waals surface area contributed by atoms with Crippen LogP contribution in [0.25, 0.3) is 0 Å². The van der Waals surface area contributed by atoms with Gasteiger partial charge in [0.1, 0.15) is 6.04 Å². The molecule has 3 aromatic carbocycles. The molecule has 0 saturated heterocycles. The van der Waals surface area contributed by atoms with Crippen molar-refractivity contribution in [2.45, 2.75) is 58.2 Å². The summed E-state index contributed by atoms with van der Waals surface area (Å²) in [6, 6.07) is 24.9. The van der Waals surface area contributed by atoms with Crippen LogP contribution in [-0.2, 0) is 29.0 Å². The lowest BCUT2D eigenvalue weighted by atomic mass is 10.0. The molecule has 1 aliphatic heterocycles. The van der Waals surface area contributed by atoms with Gasteiger partial charge in [0.15, 0.2) is 11.5 Å². The van der Waals surface area contributed by atoms with Crippen molar-refractivity contribution in [1.29, 1.82) is 0 Å². The van der Waals surface area contributed by atoms with Crippen LogP contribution in [0, 0.1) is 0 Å². The molecule has 1 aliphatic rings. The van der Waals surface area contributed by atoms with Crippen molar-refractivity contribution in [3.63, 3.8) is 0 Å². The van der Waals surface area contributed by atoms with Crippen molar-refractivity contribution in [2.24, 2.45) is 0 Å². The maximum Gasteiger partial charge on any atom is 0.243 e. The van der Waals surface area contributed by atoms with Gasteiger partial charge in [-0.25, -0.2) is 0 Å². The van der Waals surface area contributed by atoms with Crippen LogP contribution < -0.4 is 14.8 Å². The number of carbonyl (C=O) groups is 2. The molecule has 1 heterocycles. The Morgan fingerprint density at radius 2 is 1.56 bits per heavy atom. The van der Waals surface area contributed by atoms with Crippen LogP contribution in [0.5, 0.6) is 11.5 Å². The number of ether oxygens (including phenoxy) is 2. The molecule has 0 bridgehead atoms. The molecule has 36 heavy (non-hydrogen) atoms. The normalized spacial score (nSPS) is 13.6. The second-order valence-corrected chi connectivity index (χ2v) is 9.22. The Hall–Kier alpha value is -3.80. The minimum atomic E-state index is -0.620. The Bertz CT molecular complexity index is 1150. The number of carbonyl (C=O) groups excluding carboxylic acids is 2. The van der Waals surface area contributed by atoms with Crippen LogP contribution in [0.15, 0.2) is 78.9 Å². The Labute approximate surface area is 213 Å². The minimum absolute atomic E-state index is 0.0260. The molecule has 0 spiro atoms. The predicted molar refractivity (Wildman–Crippen MR) is 140 cm³/mol. The lowest BCUT2D eigenvalue weighted by Gasteiger charge is -2.32. The molecule has 0 aliphatic carbocycles. The molecule has 0 saturated carbocycles. The van der Waals surface area contributed by atoms with Gasteiger partial charge in [0, 0.05) is 25.4 Å². The van der Waals surface area contributed by atoms with Crippen LogP contribution in [-0.4, -0.2) is 35.6 Å². The van der Waals surface area contributed by atoms with Crippen molar-refractivity contribution < 1.29 is 19.1 Å². The quantitative estimate of drug-likeness (QED) is 0.419. The zero-order valence-electron chi connectivity index (χ0n) is 21.0. The first-order chi connectivity index (χ1) is 17.5. The summed E-state index contributed by atoms with van der Waals surface area (Å²) in [5, 5.41) is 3.11. The lowest BCUT2D eigenvalue weighted by Crippen LogP contribution is -2.52. The maximum absolute atomic E-state index is 13.7. The minimum Gasteiger partial charge on any atom is -0.454 e. The summed E-state index contributed by atoms with van der Waals surface area (Å²) in [6.07, 6.45) is 2.10. The number of aryl methyl sites for hydroxylation is 1. The smallest absolute Gasteiger partial charge is 0.243 e. The molecule has 0 radical (unpaired) electrons. The van der Waals surface area contributed by atoms with E-state index >= 15 is 0 Å². The fraction of sp³-hybridized carbons (Fsp3) is 0.333. The van der Waals surface area contributed by atoms with Gasteiger partial charge in [-0.05, 0) is 48.6 Å². The number of nitrogens with zero attached hydrogens (tertiary/aromatic N) is 1. The number of hydrogen-bond donors (Lipinski definition) is 1. The second-order valence-electron chi connectivity index (χ2n) is 9.22. The van der Waals surface area contributed by atoms with Crippen molar-refractivity contribution in [3.05, 3.63) is 95.6 Å². The highest BCUT2D eigenvalue weighted by atomic mass is 16.7. The van der Waals surface area contributed by atoms with E-state index in [1.54, 1.807) is 4.90 Å². The summed E-state index contributed by atoms with van der Waals surface area (Å²) in [6.45, 7) is 4.61. The van der Waals surface area contributed by atoms with Gasteiger partial charge >= 0.3 is 0 Å². The zero-order chi connectivity index (χ0) is 25.3. The molecule has 2 atom stereocenters. The highest BCUT2D eigenvalue weighted by molar-refractivity contribution is 5.88. The lowest BCUT2D eigenvalue weighted by molar-refractivity contribution is -0.141. The molecule has 6 heteroatoms. The molecule has 0 fully saturated rings. The van der Waals surface area contributed by atoms with Gasteiger partial charge < -0.3 is 19.7 Å². The van der Waals surface area contributed by atoms with Crippen molar-refractivity contribution >= 4 is 11.8 Å². The number of benzene rings is 3. The fourth-order valence-corrected chi connectivity index (χ4v) is 4.27. The highest BCUT2D eigenvalue weighted by Crippen LogP contribution is 2.33. The zero-order valence-corrected chi connectivity index (χ0v) is 21.0. The van der Waals surface area contributed by atoms with Crippen LogP contribution in [0.4, 0.5) is 0 Å². The van der Waals surface area contributed by atoms with Gasteiger partial charge in [0.05, 0.1) is 0 Å². The van der Waals surface area contributed by atoms with Crippen molar-refractivity contribution in [1.82, 2.24) is 10.2 Å². The standard InChI is InChI=1S/C30H34N2O4/c1-3-22(2)31-30(34)26(18-23-10-6-4-7-11-23)32(20-25-12-8-5-9-13-25)29(33)17-15-24-14-16-27-28(19-24)36-21-35-27/h4-14,16,19,22,26H,3,15,17-18,20-21H2,1-2H3,(H,31,34)/t22-,26+/m0/s1. The van der Waals surface area contributed by atoms with E-state index in [0.29, 0.717) is 25.1 Å². The Balaban J connectivity index is 1.58. The van der Waals surface area contributed by atoms with Gasteiger partial charge in [-0.2, -0.15) is 0 Å². The molecule has 3 aromatic rings. The van der Waals surface area contributed by atoms with Gasteiger partial charge in [-0.1, -0.05) is 73.7 Å². The van der Waals surface area contributed by atoms with Gasteiger partial charge in [0.25, 0.3) is 0 Å². The van der Waals surface area contributed by atoms with E-state index in [1.165, 1.54) is 0 Å². The summed E-state index contributed by atoms with van der Waals surface area (Å²) in [5.74, 6) is 1.24. The number of rotatable bonds is 11. The topological polar surface area (TPSA) is 67.9 Å². The number of fused-ring (bicyclic) bond motifs is 1. The van der Waals surface area contributed by atoms with Gasteiger partial charge in [-0.15, -0.1) is 0 Å². The van der Waals surface area contributed by atoms with E-state index in [9.17, 15) is 9.59 Å². The average molecular weight is 487 g/mol. The van der Waals surface area contributed by atoms with E-state index in [1.807, 2.05) is 92.7 Å². The average Bonchev–Trinajstić information content (AvgIpc) is 3.38. The monoisotopic (exact) mass is 486 g/mol. The first-order valence-corrected chi connectivity index (χ1v) is 12.6. The number of hydrogen-bond acceptors (Lipinski definition) is 4. The largest absolute Gasteiger partial charge is 0.454 e. The van der Waals surface area contributed by atoms with E-state index in [-0.39, 0.29) is 31.1 Å². The van der Waals surface area contributed by atoms with Gasteiger partial charge in [-0.3, -0.25) is 9.59 Å². The van der Waals surface area contributed by atoms with Gasteiger partial charge in [0.2, 0.25) is 18.6 Å². The molecule has 4 rings (SSSR count). The summed E-state index contributed by atoms with van der Waals surface area (Å²) in [4.78, 5) is 29.0. The van der Waals surface area contributed by atoms with E-state index in [0.717, 1.165) is 28.9 Å². The molecule has 0 unspecified atom stereocenters. The molecular formula is C30H34N2O4. The van der Waals surface area contributed by atoms with Crippen LogP contribution >= 0.6 is 0 Å². The molecule has 6 nitrogen and oxygen atoms in total. The van der Waals surface area contributed by atoms with Crippen molar-refractivity contribution in [2.75, 3.05) is 6.79 Å². The third kappa shape index (κ3) is 6.66. The van der Waals surface area contributed by atoms with E-state index in [4.69, 9.17) is 9.47 Å². The predicted octanol–water partition coefficient (Wildman–Crippen LogP) is 4.90. The fourth-order valence-electron chi connectivity index (χ4n) is 4.27. The van der Waals surface area contributed by atoms with E-state index in [2.05, 4.69) is 5.32 Å². The third-order valence-corrected chi connectivity index (χ3v) is 6.53. The third-order valence-electron chi connectivity index (χ3n) is 6.53. The first-order valence-electron chi connectivity index (χ1n) is 12.6. The summed E-state index contributed by atoms with van der Waals surface area (Å²) in [7, 11) is 0. The molecule has 2 amide bonds. The number of amides is 2.